The van der Waals surface area contributed by atoms with Crippen molar-refractivity contribution in [2.75, 3.05) is 6.54 Å². The fraction of sp³-hybridized carbons (Fsp3) is 0.235. The standard InChI is InChI=1S/C17H18N2O/c18-15-10-16(14-9-5-4-8-13(14)15)19-11-17(20)12-6-2-1-3-7-12/h1-9,15-16,19H,10-11,18H2/t15-,16+/m1/s1. The van der Waals surface area contributed by atoms with E-state index < -0.39 is 0 Å². The Morgan fingerprint density at radius 3 is 2.45 bits per heavy atom. The molecule has 0 fully saturated rings. The predicted octanol–water partition coefficient (Wildman–Crippen LogP) is 2.60. The third-order valence-corrected chi connectivity index (χ3v) is 3.87. The second-order valence-corrected chi connectivity index (χ2v) is 5.19. The summed E-state index contributed by atoms with van der Waals surface area (Å²) in [6.45, 7) is 0.343. The molecule has 20 heavy (non-hydrogen) atoms. The normalized spacial score (nSPS) is 20.6. The second-order valence-electron chi connectivity index (χ2n) is 5.19. The number of nitrogens with one attached hydrogen (secondary N) is 1. The van der Waals surface area contributed by atoms with E-state index in [2.05, 4.69) is 17.4 Å². The van der Waals surface area contributed by atoms with Crippen molar-refractivity contribution in [3.05, 3.63) is 71.3 Å². The minimum Gasteiger partial charge on any atom is -0.324 e. The van der Waals surface area contributed by atoms with Gasteiger partial charge in [-0.1, -0.05) is 54.6 Å². The molecule has 0 saturated heterocycles. The Morgan fingerprint density at radius 1 is 1.05 bits per heavy atom. The third-order valence-electron chi connectivity index (χ3n) is 3.87. The lowest BCUT2D eigenvalue weighted by Crippen LogP contribution is -2.26. The van der Waals surface area contributed by atoms with E-state index in [0.717, 1.165) is 12.0 Å². The van der Waals surface area contributed by atoms with E-state index in [1.54, 1.807) is 0 Å². The number of carbonyl (C=O) groups excluding carboxylic acids is 1. The molecule has 2 aromatic rings. The molecule has 2 aromatic carbocycles. The molecule has 0 aliphatic heterocycles. The molecule has 0 spiro atoms. The Bertz CT molecular complexity index is 609. The molecule has 0 heterocycles. The summed E-state index contributed by atoms with van der Waals surface area (Å²) < 4.78 is 0. The SMILES string of the molecule is N[C@@H]1C[C@H](NCC(=O)c2ccccc2)c2ccccc21. The summed E-state index contributed by atoms with van der Waals surface area (Å²) in [4.78, 5) is 12.1. The quantitative estimate of drug-likeness (QED) is 0.836. The van der Waals surface area contributed by atoms with E-state index in [-0.39, 0.29) is 17.9 Å². The van der Waals surface area contributed by atoms with Crippen LogP contribution in [0.25, 0.3) is 0 Å². The first-order valence-corrected chi connectivity index (χ1v) is 6.92. The maximum Gasteiger partial charge on any atom is 0.176 e. The molecule has 0 saturated carbocycles. The fourth-order valence-electron chi connectivity index (χ4n) is 2.81. The van der Waals surface area contributed by atoms with Gasteiger partial charge in [0.05, 0.1) is 6.54 Å². The van der Waals surface area contributed by atoms with Crippen LogP contribution in [-0.4, -0.2) is 12.3 Å². The van der Waals surface area contributed by atoms with Gasteiger partial charge < -0.3 is 11.1 Å². The number of fused-ring (bicyclic) bond motifs is 1. The van der Waals surface area contributed by atoms with Crippen molar-refractivity contribution in [2.45, 2.75) is 18.5 Å². The highest BCUT2D eigenvalue weighted by molar-refractivity contribution is 5.97. The van der Waals surface area contributed by atoms with Crippen molar-refractivity contribution < 1.29 is 4.79 Å². The van der Waals surface area contributed by atoms with Crippen LogP contribution in [0.3, 0.4) is 0 Å². The van der Waals surface area contributed by atoms with Crippen LogP contribution in [-0.2, 0) is 0 Å². The van der Waals surface area contributed by atoms with Crippen LogP contribution in [0.4, 0.5) is 0 Å². The van der Waals surface area contributed by atoms with Gasteiger partial charge in [-0.3, -0.25) is 4.79 Å². The molecule has 3 rings (SSSR count). The van der Waals surface area contributed by atoms with Crippen molar-refractivity contribution >= 4 is 5.78 Å². The molecule has 0 aromatic heterocycles. The second kappa shape index (κ2) is 5.57. The van der Waals surface area contributed by atoms with Crippen molar-refractivity contribution in [1.29, 1.82) is 0 Å². The highest BCUT2D eigenvalue weighted by Crippen LogP contribution is 2.36. The van der Waals surface area contributed by atoms with Gasteiger partial charge in [0, 0.05) is 17.6 Å². The van der Waals surface area contributed by atoms with Gasteiger partial charge in [0.1, 0.15) is 0 Å². The molecule has 1 aliphatic carbocycles. The van der Waals surface area contributed by atoms with Gasteiger partial charge in [-0.05, 0) is 17.5 Å². The lowest BCUT2D eigenvalue weighted by molar-refractivity contribution is 0.0987. The largest absolute Gasteiger partial charge is 0.324 e. The van der Waals surface area contributed by atoms with Crippen molar-refractivity contribution in [3.8, 4) is 0 Å². The van der Waals surface area contributed by atoms with E-state index in [4.69, 9.17) is 5.73 Å². The first-order valence-electron chi connectivity index (χ1n) is 6.92. The number of benzene rings is 2. The maximum atomic E-state index is 12.1. The van der Waals surface area contributed by atoms with Gasteiger partial charge in [0.2, 0.25) is 0 Å². The van der Waals surface area contributed by atoms with Crippen LogP contribution in [0.5, 0.6) is 0 Å². The summed E-state index contributed by atoms with van der Waals surface area (Å²) in [7, 11) is 0. The van der Waals surface area contributed by atoms with Crippen LogP contribution in [0.1, 0.15) is 40.0 Å². The zero-order chi connectivity index (χ0) is 13.9. The summed E-state index contributed by atoms with van der Waals surface area (Å²) in [6.07, 6.45) is 0.849. The van der Waals surface area contributed by atoms with Crippen LogP contribution in [0.15, 0.2) is 54.6 Å². The molecule has 3 nitrogen and oxygen atoms in total. The molecular weight excluding hydrogens is 248 g/mol. The first-order chi connectivity index (χ1) is 9.75. The highest BCUT2D eigenvalue weighted by Gasteiger charge is 2.28. The number of hydrogen-bond acceptors (Lipinski definition) is 3. The molecule has 1 aliphatic rings. The molecule has 3 N–H and O–H groups in total. The number of ketones is 1. The lowest BCUT2D eigenvalue weighted by atomic mass is 10.1. The van der Waals surface area contributed by atoms with Gasteiger partial charge in [-0.25, -0.2) is 0 Å². The lowest BCUT2D eigenvalue weighted by Gasteiger charge is -2.13. The van der Waals surface area contributed by atoms with Crippen molar-refractivity contribution in [3.63, 3.8) is 0 Å². The zero-order valence-electron chi connectivity index (χ0n) is 11.3. The fourth-order valence-corrected chi connectivity index (χ4v) is 2.81. The molecule has 0 bridgehead atoms. The van der Waals surface area contributed by atoms with Gasteiger partial charge in [-0.15, -0.1) is 0 Å². The van der Waals surface area contributed by atoms with Crippen molar-refractivity contribution in [2.24, 2.45) is 5.73 Å². The average Bonchev–Trinajstić information content (AvgIpc) is 2.83. The minimum atomic E-state index is 0.0653. The summed E-state index contributed by atoms with van der Waals surface area (Å²) in [5.41, 5.74) is 9.29. The van der Waals surface area contributed by atoms with Gasteiger partial charge in [0.25, 0.3) is 0 Å². The Hall–Kier alpha value is -1.97. The molecule has 0 amide bonds. The van der Waals surface area contributed by atoms with E-state index in [1.165, 1.54) is 11.1 Å². The number of hydrogen-bond donors (Lipinski definition) is 2. The van der Waals surface area contributed by atoms with E-state index in [1.807, 2.05) is 42.5 Å². The van der Waals surface area contributed by atoms with Crippen LogP contribution < -0.4 is 11.1 Å². The Morgan fingerprint density at radius 2 is 1.70 bits per heavy atom. The Kier molecular flexibility index (Phi) is 3.63. The summed E-state index contributed by atoms with van der Waals surface area (Å²) in [6, 6.07) is 17.8. The average molecular weight is 266 g/mol. The number of Topliss-reactive ketones (excluding diaryl/α,β-unsaturated/α-hetero) is 1. The smallest absolute Gasteiger partial charge is 0.176 e. The van der Waals surface area contributed by atoms with E-state index in [9.17, 15) is 4.79 Å². The topological polar surface area (TPSA) is 55.1 Å². The van der Waals surface area contributed by atoms with Crippen molar-refractivity contribution in [1.82, 2.24) is 5.32 Å². The highest BCUT2D eigenvalue weighted by atomic mass is 16.1. The predicted molar refractivity (Wildman–Crippen MR) is 79.5 cm³/mol. The zero-order valence-corrected chi connectivity index (χ0v) is 11.3. The minimum absolute atomic E-state index is 0.0653. The van der Waals surface area contributed by atoms with Gasteiger partial charge in [0.15, 0.2) is 5.78 Å². The first kappa shape index (κ1) is 13.0. The number of nitrogens with two attached hydrogens (primary N) is 1. The maximum absolute atomic E-state index is 12.1. The van der Waals surface area contributed by atoms with Crippen LogP contribution in [0.2, 0.25) is 0 Å². The molecule has 2 atom stereocenters. The van der Waals surface area contributed by atoms with E-state index in [0.29, 0.717) is 6.54 Å². The molecule has 3 heteroatoms. The molecule has 0 unspecified atom stereocenters. The van der Waals surface area contributed by atoms with Gasteiger partial charge in [-0.2, -0.15) is 0 Å². The third kappa shape index (κ3) is 2.50. The van der Waals surface area contributed by atoms with E-state index >= 15 is 0 Å². The number of carbonyl (C=O) groups is 1. The molecule has 102 valence electrons. The van der Waals surface area contributed by atoms with Crippen LogP contribution in [0, 0.1) is 0 Å². The molecular formula is C17H18N2O. The summed E-state index contributed by atoms with van der Waals surface area (Å²) >= 11 is 0. The number of rotatable bonds is 4. The Balaban J connectivity index is 1.67. The molecule has 0 radical (unpaired) electrons. The van der Waals surface area contributed by atoms with Gasteiger partial charge >= 0.3 is 0 Å². The van der Waals surface area contributed by atoms with Crippen LogP contribution >= 0.6 is 0 Å². The monoisotopic (exact) mass is 266 g/mol. The summed E-state index contributed by atoms with van der Waals surface area (Å²) in [5.74, 6) is 0.114. The Labute approximate surface area is 118 Å². The summed E-state index contributed by atoms with van der Waals surface area (Å²) in [5, 5.41) is 3.34.